The number of benzene rings is 4. The van der Waals surface area contributed by atoms with E-state index in [0.717, 1.165) is 28.0 Å². The molecule has 0 aliphatic carbocycles. The number of carbonyl (C=O) groups is 1. The van der Waals surface area contributed by atoms with Gasteiger partial charge in [-0.3, -0.25) is 10.1 Å². The zero-order chi connectivity index (χ0) is 25.1. The molecule has 1 heterocycles. The SMILES string of the molecule is O=C(Nc1ccc([N+](=O)[O-])cc1)N1CC(c2ccc(-c3ccccc3)cc2)C(c2ccc(Cl)cc2)=N1. The zero-order valence-corrected chi connectivity index (χ0v) is 19.8. The van der Waals surface area contributed by atoms with Gasteiger partial charge < -0.3 is 5.32 Å². The number of halogens is 1. The number of carbonyl (C=O) groups excluding carboxylic acids is 1. The normalized spacial score (nSPS) is 14.9. The minimum Gasteiger partial charge on any atom is -0.306 e. The van der Waals surface area contributed by atoms with Crippen LogP contribution in [0.2, 0.25) is 5.02 Å². The molecule has 5 rings (SSSR count). The van der Waals surface area contributed by atoms with E-state index in [4.69, 9.17) is 11.6 Å². The van der Waals surface area contributed by atoms with Crippen molar-refractivity contribution in [1.82, 2.24) is 5.01 Å². The number of non-ortho nitro benzene ring substituents is 1. The monoisotopic (exact) mass is 496 g/mol. The molecule has 0 saturated heterocycles. The number of nitro benzene ring substituents is 1. The molecule has 1 aliphatic rings. The number of hydrogen-bond donors (Lipinski definition) is 1. The summed E-state index contributed by atoms with van der Waals surface area (Å²) >= 11 is 6.09. The number of hydrazone groups is 1. The molecule has 4 aromatic carbocycles. The Hall–Kier alpha value is -4.49. The molecule has 178 valence electrons. The van der Waals surface area contributed by atoms with Crippen molar-refractivity contribution < 1.29 is 9.72 Å². The summed E-state index contributed by atoms with van der Waals surface area (Å²) in [6.45, 7) is 0.349. The Morgan fingerprint density at radius 1 is 0.861 bits per heavy atom. The van der Waals surface area contributed by atoms with Crippen molar-refractivity contribution in [3.8, 4) is 11.1 Å². The Labute approximate surface area is 212 Å². The van der Waals surface area contributed by atoms with Gasteiger partial charge in [-0.2, -0.15) is 5.10 Å². The third-order valence-corrected chi connectivity index (χ3v) is 6.29. The number of anilines is 1. The van der Waals surface area contributed by atoms with Crippen LogP contribution in [0.15, 0.2) is 108 Å². The fourth-order valence-corrected chi connectivity index (χ4v) is 4.29. The first-order chi connectivity index (χ1) is 17.5. The van der Waals surface area contributed by atoms with E-state index >= 15 is 0 Å². The molecule has 2 amide bonds. The Balaban J connectivity index is 1.41. The predicted octanol–water partition coefficient (Wildman–Crippen LogP) is 6.95. The van der Waals surface area contributed by atoms with Gasteiger partial charge in [0, 0.05) is 28.8 Å². The topological polar surface area (TPSA) is 87.8 Å². The van der Waals surface area contributed by atoms with Crippen molar-refractivity contribution in [2.75, 3.05) is 11.9 Å². The van der Waals surface area contributed by atoms with E-state index in [-0.39, 0.29) is 11.6 Å². The lowest BCUT2D eigenvalue weighted by molar-refractivity contribution is -0.384. The highest BCUT2D eigenvalue weighted by atomic mass is 35.5. The zero-order valence-electron chi connectivity index (χ0n) is 19.0. The summed E-state index contributed by atoms with van der Waals surface area (Å²) in [5, 5.41) is 20.3. The maximum Gasteiger partial charge on any atom is 0.342 e. The van der Waals surface area contributed by atoms with Crippen LogP contribution in [-0.2, 0) is 0 Å². The average Bonchev–Trinajstić information content (AvgIpc) is 3.36. The standard InChI is InChI=1S/C28H21ClN4O3/c29-23-12-10-22(11-13-23)27-26(21-8-6-20(7-9-21)19-4-2-1-3-5-19)18-32(31-27)28(34)30-24-14-16-25(17-15-24)33(35)36/h1-17,26H,18H2,(H,30,34). The van der Waals surface area contributed by atoms with E-state index in [0.29, 0.717) is 17.3 Å². The molecule has 0 spiro atoms. The van der Waals surface area contributed by atoms with Crippen LogP contribution in [-0.4, -0.2) is 28.2 Å². The van der Waals surface area contributed by atoms with Crippen LogP contribution >= 0.6 is 11.6 Å². The van der Waals surface area contributed by atoms with Gasteiger partial charge in [-0.1, -0.05) is 78.3 Å². The van der Waals surface area contributed by atoms with Gasteiger partial charge in [0.25, 0.3) is 5.69 Å². The molecule has 1 aliphatic heterocycles. The molecule has 1 atom stereocenters. The van der Waals surface area contributed by atoms with Gasteiger partial charge in [-0.15, -0.1) is 0 Å². The van der Waals surface area contributed by atoms with Gasteiger partial charge in [0.15, 0.2) is 0 Å². The minimum atomic E-state index is -0.484. The van der Waals surface area contributed by atoms with Gasteiger partial charge >= 0.3 is 6.03 Å². The van der Waals surface area contributed by atoms with Crippen molar-refractivity contribution in [3.05, 3.63) is 129 Å². The van der Waals surface area contributed by atoms with Crippen LogP contribution in [0.25, 0.3) is 11.1 Å². The summed E-state index contributed by atoms with van der Waals surface area (Å²) in [6.07, 6.45) is 0. The van der Waals surface area contributed by atoms with Crippen LogP contribution in [0.1, 0.15) is 17.0 Å². The summed E-state index contributed by atoms with van der Waals surface area (Å²) in [6, 6.07) is 31.1. The predicted molar refractivity (Wildman–Crippen MR) is 141 cm³/mol. The highest BCUT2D eigenvalue weighted by Crippen LogP contribution is 2.31. The molecule has 0 aromatic heterocycles. The maximum absolute atomic E-state index is 13.0. The Kier molecular flexibility index (Phi) is 6.47. The smallest absolute Gasteiger partial charge is 0.306 e. The van der Waals surface area contributed by atoms with E-state index in [9.17, 15) is 14.9 Å². The molecule has 1 N–H and O–H groups in total. The molecular formula is C28H21ClN4O3. The summed E-state index contributed by atoms with van der Waals surface area (Å²) in [5.41, 5.74) is 5.32. The fraction of sp³-hybridized carbons (Fsp3) is 0.0714. The molecular weight excluding hydrogens is 476 g/mol. The van der Waals surface area contributed by atoms with Gasteiger partial charge in [-0.25, -0.2) is 9.80 Å². The molecule has 0 saturated carbocycles. The van der Waals surface area contributed by atoms with Crippen LogP contribution < -0.4 is 5.32 Å². The van der Waals surface area contributed by atoms with Crippen molar-refractivity contribution in [3.63, 3.8) is 0 Å². The van der Waals surface area contributed by atoms with E-state index in [1.54, 1.807) is 12.1 Å². The second kappa shape index (κ2) is 10.0. The van der Waals surface area contributed by atoms with Crippen molar-refractivity contribution in [2.24, 2.45) is 5.10 Å². The molecule has 36 heavy (non-hydrogen) atoms. The van der Waals surface area contributed by atoms with Crippen molar-refractivity contribution >= 4 is 34.7 Å². The second-order valence-electron chi connectivity index (χ2n) is 8.35. The summed E-state index contributed by atoms with van der Waals surface area (Å²) in [5.74, 6) is -0.140. The van der Waals surface area contributed by atoms with E-state index in [1.165, 1.54) is 29.3 Å². The molecule has 1 unspecified atom stereocenters. The van der Waals surface area contributed by atoms with Gasteiger partial charge in [0.05, 0.1) is 17.2 Å². The quantitative estimate of drug-likeness (QED) is 0.239. The Morgan fingerprint density at radius 2 is 1.47 bits per heavy atom. The minimum absolute atomic E-state index is 0.0452. The molecule has 4 aromatic rings. The maximum atomic E-state index is 13.0. The largest absolute Gasteiger partial charge is 0.342 e. The lowest BCUT2D eigenvalue weighted by atomic mass is 9.89. The lowest BCUT2D eigenvalue weighted by Crippen LogP contribution is -2.30. The highest BCUT2D eigenvalue weighted by molar-refractivity contribution is 6.30. The first-order valence-corrected chi connectivity index (χ1v) is 11.7. The summed E-state index contributed by atoms with van der Waals surface area (Å²) < 4.78 is 0. The number of urea groups is 1. The lowest BCUT2D eigenvalue weighted by Gasteiger charge is -2.16. The number of hydrogen-bond acceptors (Lipinski definition) is 4. The molecule has 7 nitrogen and oxygen atoms in total. The summed E-state index contributed by atoms with van der Waals surface area (Å²) in [4.78, 5) is 23.4. The third-order valence-electron chi connectivity index (χ3n) is 6.04. The van der Waals surface area contributed by atoms with Gasteiger partial charge in [-0.05, 0) is 46.5 Å². The van der Waals surface area contributed by atoms with E-state index in [2.05, 4.69) is 46.8 Å². The molecule has 0 bridgehead atoms. The number of nitrogens with zero attached hydrogens (tertiary/aromatic N) is 3. The highest BCUT2D eigenvalue weighted by Gasteiger charge is 2.32. The van der Waals surface area contributed by atoms with E-state index < -0.39 is 11.0 Å². The molecule has 0 radical (unpaired) electrons. The number of rotatable bonds is 5. The molecule has 0 fully saturated rings. The van der Waals surface area contributed by atoms with Crippen LogP contribution in [0.5, 0.6) is 0 Å². The average molecular weight is 497 g/mol. The van der Waals surface area contributed by atoms with Crippen molar-refractivity contribution in [2.45, 2.75) is 5.92 Å². The second-order valence-corrected chi connectivity index (χ2v) is 8.79. The first kappa shape index (κ1) is 23.3. The fourth-order valence-electron chi connectivity index (χ4n) is 4.16. The number of nitro groups is 1. The third kappa shape index (κ3) is 4.96. The number of amides is 2. The van der Waals surface area contributed by atoms with Crippen LogP contribution in [0.3, 0.4) is 0 Å². The van der Waals surface area contributed by atoms with E-state index in [1.807, 2.05) is 30.3 Å². The number of nitrogens with one attached hydrogen (secondary N) is 1. The van der Waals surface area contributed by atoms with Crippen LogP contribution in [0.4, 0.5) is 16.2 Å². The molecule has 8 heteroatoms. The van der Waals surface area contributed by atoms with Gasteiger partial charge in [0.2, 0.25) is 0 Å². The Morgan fingerprint density at radius 3 is 2.11 bits per heavy atom. The van der Waals surface area contributed by atoms with Gasteiger partial charge in [0.1, 0.15) is 0 Å². The summed E-state index contributed by atoms with van der Waals surface area (Å²) in [7, 11) is 0. The Bertz CT molecular complexity index is 1420. The first-order valence-electron chi connectivity index (χ1n) is 11.3. The van der Waals surface area contributed by atoms with Crippen LogP contribution in [0, 0.1) is 10.1 Å². The van der Waals surface area contributed by atoms with Crippen molar-refractivity contribution in [1.29, 1.82) is 0 Å².